The fourth-order valence-electron chi connectivity index (χ4n) is 2.39. The van der Waals surface area contributed by atoms with E-state index in [2.05, 4.69) is 10.6 Å². The molecule has 1 aromatic rings. The van der Waals surface area contributed by atoms with Crippen molar-refractivity contribution in [3.8, 4) is 0 Å². The van der Waals surface area contributed by atoms with E-state index in [-0.39, 0.29) is 11.6 Å². The van der Waals surface area contributed by atoms with E-state index in [4.69, 9.17) is 0 Å². The van der Waals surface area contributed by atoms with Crippen LogP contribution in [0.4, 0.5) is 17.6 Å². The maximum Gasteiger partial charge on any atom is 0.405 e. The molecule has 1 aliphatic heterocycles. The molecule has 9 heteroatoms. The van der Waals surface area contributed by atoms with Crippen LogP contribution in [0.1, 0.15) is 0 Å². The zero-order valence-electron chi connectivity index (χ0n) is 12.9. The first-order valence-corrected chi connectivity index (χ1v) is 8.51. The third kappa shape index (κ3) is 5.95. The van der Waals surface area contributed by atoms with E-state index >= 15 is 0 Å². The van der Waals surface area contributed by atoms with Crippen LogP contribution in [0.3, 0.4) is 0 Å². The number of piperazine rings is 1. The van der Waals surface area contributed by atoms with E-state index in [1.54, 1.807) is 0 Å². The normalized spacial score (nSPS) is 17.5. The number of nitrogens with zero attached hydrogens (tertiary/aromatic N) is 1. The summed E-state index contributed by atoms with van der Waals surface area (Å²) in [6.45, 7) is 1.13. The van der Waals surface area contributed by atoms with Gasteiger partial charge in [0.25, 0.3) is 0 Å². The lowest BCUT2D eigenvalue weighted by molar-refractivity contribution is -0.183. The first-order chi connectivity index (χ1) is 11.4. The number of carbonyl (C=O) groups is 1. The highest BCUT2D eigenvalue weighted by molar-refractivity contribution is 8.00. The van der Waals surface area contributed by atoms with Gasteiger partial charge in [0, 0.05) is 37.6 Å². The number of hydrogen-bond donors (Lipinski definition) is 2. The second-order valence-corrected chi connectivity index (χ2v) is 6.44. The molecule has 1 aromatic carbocycles. The second-order valence-electron chi connectivity index (χ2n) is 5.39. The largest absolute Gasteiger partial charge is 0.405 e. The molecule has 0 bridgehead atoms. The van der Waals surface area contributed by atoms with Crippen LogP contribution in [0, 0.1) is 5.82 Å². The molecule has 0 saturated carbocycles. The van der Waals surface area contributed by atoms with E-state index in [1.807, 2.05) is 0 Å². The van der Waals surface area contributed by atoms with Crippen LogP contribution in [0.5, 0.6) is 0 Å². The van der Waals surface area contributed by atoms with Gasteiger partial charge in [-0.25, -0.2) is 4.39 Å². The lowest BCUT2D eigenvalue weighted by Gasteiger charge is -2.35. The molecule has 1 heterocycles. The third-order valence-corrected chi connectivity index (χ3v) is 4.66. The summed E-state index contributed by atoms with van der Waals surface area (Å²) in [7, 11) is 0. The van der Waals surface area contributed by atoms with Crippen LogP contribution in [0.25, 0.3) is 0 Å². The monoisotopic (exact) mass is 365 g/mol. The van der Waals surface area contributed by atoms with Crippen molar-refractivity contribution < 1.29 is 22.4 Å². The minimum atomic E-state index is -4.39. The molecule has 0 aromatic heterocycles. The van der Waals surface area contributed by atoms with Crippen molar-refractivity contribution in [2.24, 2.45) is 0 Å². The number of alkyl halides is 3. The number of benzene rings is 1. The number of nitrogens with one attached hydrogen (secondary N) is 2. The molecule has 24 heavy (non-hydrogen) atoms. The average molecular weight is 365 g/mol. The summed E-state index contributed by atoms with van der Waals surface area (Å²) < 4.78 is 52.3. The Morgan fingerprint density at radius 3 is 2.46 bits per heavy atom. The number of hydrogen-bond acceptors (Lipinski definition) is 4. The third-order valence-electron chi connectivity index (χ3n) is 3.65. The summed E-state index contributed by atoms with van der Waals surface area (Å²) in [5.41, 5.74) is 0. The van der Waals surface area contributed by atoms with Crippen molar-refractivity contribution in [1.82, 2.24) is 15.5 Å². The first-order valence-electron chi connectivity index (χ1n) is 7.53. The van der Waals surface area contributed by atoms with E-state index in [0.29, 0.717) is 31.1 Å². The summed E-state index contributed by atoms with van der Waals surface area (Å²) in [5, 5.41) is 5.35. The van der Waals surface area contributed by atoms with Crippen LogP contribution in [-0.4, -0.2) is 61.5 Å². The second kappa shape index (κ2) is 8.68. The minimum absolute atomic E-state index is 0.0161. The van der Waals surface area contributed by atoms with Crippen LogP contribution < -0.4 is 10.6 Å². The standard InChI is InChI=1S/C15H19F4N3OS/c16-11-1-3-12(4-2-11)24-10-14(23)21-9-13(15(17,18)19)22-7-5-20-6-8-22/h1-4,13,20H,5-10H2,(H,21,23). The maximum atomic E-state index is 13.2. The predicted octanol–water partition coefficient (Wildman–Crippen LogP) is 1.87. The van der Waals surface area contributed by atoms with Crippen LogP contribution >= 0.6 is 11.8 Å². The molecular weight excluding hydrogens is 346 g/mol. The van der Waals surface area contributed by atoms with Gasteiger partial charge in [0.1, 0.15) is 11.9 Å². The average Bonchev–Trinajstić information content (AvgIpc) is 2.54. The molecule has 4 nitrogen and oxygen atoms in total. The molecule has 0 aliphatic carbocycles. The van der Waals surface area contributed by atoms with Gasteiger partial charge >= 0.3 is 6.18 Å². The number of amides is 1. The number of carbonyl (C=O) groups excluding carboxylic acids is 1. The van der Waals surface area contributed by atoms with Gasteiger partial charge in [-0.15, -0.1) is 11.8 Å². The van der Waals surface area contributed by atoms with Gasteiger partial charge < -0.3 is 10.6 Å². The highest BCUT2D eigenvalue weighted by Gasteiger charge is 2.43. The minimum Gasteiger partial charge on any atom is -0.353 e. The molecule has 1 saturated heterocycles. The Morgan fingerprint density at radius 2 is 1.88 bits per heavy atom. The van der Waals surface area contributed by atoms with Gasteiger partial charge in [-0.1, -0.05) is 0 Å². The van der Waals surface area contributed by atoms with Crippen molar-refractivity contribution in [2.45, 2.75) is 17.1 Å². The topological polar surface area (TPSA) is 44.4 Å². The zero-order chi connectivity index (χ0) is 17.6. The molecule has 1 aliphatic rings. The summed E-state index contributed by atoms with van der Waals surface area (Å²) >= 11 is 1.15. The van der Waals surface area contributed by atoms with E-state index in [0.717, 1.165) is 11.8 Å². The summed E-state index contributed by atoms with van der Waals surface area (Å²) in [5.74, 6) is -0.876. The fourth-order valence-corrected chi connectivity index (χ4v) is 3.12. The van der Waals surface area contributed by atoms with E-state index in [9.17, 15) is 22.4 Å². The lowest BCUT2D eigenvalue weighted by atomic mass is 10.2. The molecular formula is C15H19F4N3OS. The van der Waals surface area contributed by atoms with Gasteiger partial charge in [0.05, 0.1) is 5.75 Å². The van der Waals surface area contributed by atoms with Crippen molar-refractivity contribution >= 4 is 17.7 Å². The Morgan fingerprint density at radius 1 is 1.25 bits per heavy atom. The molecule has 2 rings (SSSR count). The van der Waals surface area contributed by atoms with Crippen molar-refractivity contribution in [3.63, 3.8) is 0 Å². The van der Waals surface area contributed by atoms with Gasteiger partial charge in [-0.3, -0.25) is 9.69 Å². The van der Waals surface area contributed by atoms with E-state index in [1.165, 1.54) is 29.2 Å². The van der Waals surface area contributed by atoms with Crippen molar-refractivity contribution in [3.05, 3.63) is 30.1 Å². The van der Waals surface area contributed by atoms with Gasteiger partial charge in [-0.05, 0) is 24.3 Å². The van der Waals surface area contributed by atoms with E-state index < -0.39 is 24.7 Å². The Balaban J connectivity index is 1.81. The first kappa shape index (κ1) is 19.0. The predicted molar refractivity (Wildman–Crippen MR) is 84.4 cm³/mol. The number of rotatable bonds is 6. The Bertz CT molecular complexity index is 533. The fraction of sp³-hybridized carbons (Fsp3) is 0.533. The molecule has 0 spiro atoms. The van der Waals surface area contributed by atoms with Gasteiger partial charge in [0.2, 0.25) is 5.91 Å². The summed E-state index contributed by atoms with van der Waals surface area (Å²) in [6, 6.07) is 3.90. The zero-order valence-corrected chi connectivity index (χ0v) is 13.7. The Labute approximate surface area is 142 Å². The van der Waals surface area contributed by atoms with Crippen LogP contribution in [0.15, 0.2) is 29.2 Å². The summed E-state index contributed by atoms with van der Waals surface area (Å²) in [4.78, 5) is 13.8. The van der Waals surface area contributed by atoms with Crippen LogP contribution in [-0.2, 0) is 4.79 Å². The van der Waals surface area contributed by atoms with Crippen molar-refractivity contribution in [2.75, 3.05) is 38.5 Å². The molecule has 1 amide bonds. The Kier molecular flexibility index (Phi) is 6.88. The maximum absolute atomic E-state index is 13.2. The Hall–Kier alpha value is -1.32. The van der Waals surface area contributed by atoms with Crippen molar-refractivity contribution in [1.29, 1.82) is 0 Å². The smallest absolute Gasteiger partial charge is 0.353 e. The summed E-state index contributed by atoms with van der Waals surface area (Å²) in [6.07, 6.45) is -4.39. The van der Waals surface area contributed by atoms with Gasteiger partial charge in [0.15, 0.2) is 0 Å². The highest BCUT2D eigenvalue weighted by Crippen LogP contribution is 2.25. The molecule has 1 unspecified atom stereocenters. The number of halogens is 4. The SMILES string of the molecule is O=C(CSc1ccc(F)cc1)NCC(N1CCNCC1)C(F)(F)F. The lowest BCUT2D eigenvalue weighted by Crippen LogP contribution is -2.57. The molecule has 1 fully saturated rings. The van der Waals surface area contributed by atoms with Crippen LogP contribution in [0.2, 0.25) is 0 Å². The quantitative estimate of drug-likeness (QED) is 0.597. The molecule has 0 radical (unpaired) electrons. The highest BCUT2D eigenvalue weighted by atomic mass is 32.2. The number of thioether (sulfide) groups is 1. The van der Waals surface area contributed by atoms with Gasteiger partial charge in [-0.2, -0.15) is 13.2 Å². The molecule has 1 atom stereocenters. The molecule has 2 N–H and O–H groups in total. The molecule has 134 valence electrons.